The maximum absolute atomic E-state index is 11.8. The summed E-state index contributed by atoms with van der Waals surface area (Å²) in [7, 11) is 0. The molecular weight excluding hydrogens is 296 g/mol. The average molecular weight is 315 g/mol. The maximum Gasteiger partial charge on any atom is 0.260 e. The molecule has 0 aliphatic rings. The molecule has 1 aromatic rings. The maximum atomic E-state index is 11.8. The van der Waals surface area contributed by atoms with Gasteiger partial charge in [-0.3, -0.25) is 9.59 Å². The van der Waals surface area contributed by atoms with Crippen molar-refractivity contribution in [2.24, 2.45) is 0 Å². The van der Waals surface area contributed by atoms with E-state index in [4.69, 9.17) is 21.4 Å². The third-order valence-corrected chi connectivity index (χ3v) is 2.78. The summed E-state index contributed by atoms with van der Waals surface area (Å²) in [5, 5.41) is 14.4. The second kappa shape index (κ2) is 9.07. The van der Waals surface area contributed by atoms with Crippen LogP contribution in [0.25, 0.3) is 0 Å². The topological polar surface area (TPSA) is 87.7 Å². The molecule has 0 aromatic heterocycles. The van der Waals surface area contributed by atoms with Crippen LogP contribution in [0, 0.1) is 0 Å². The average Bonchev–Trinajstić information content (AvgIpc) is 2.46. The first-order chi connectivity index (χ1) is 10.0. The van der Waals surface area contributed by atoms with Crippen LogP contribution >= 0.6 is 11.6 Å². The van der Waals surface area contributed by atoms with Gasteiger partial charge < -0.3 is 20.5 Å². The van der Waals surface area contributed by atoms with E-state index in [1.54, 1.807) is 19.1 Å². The number of benzene rings is 1. The Morgan fingerprint density at radius 3 is 2.48 bits per heavy atom. The van der Waals surface area contributed by atoms with Gasteiger partial charge in [-0.15, -0.1) is 11.6 Å². The van der Waals surface area contributed by atoms with Crippen LogP contribution < -0.4 is 15.4 Å². The van der Waals surface area contributed by atoms with Crippen LogP contribution in [-0.4, -0.2) is 42.0 Å². The van der Waals surface area contributed by atoms with Gasteiger partial charge in [0.05, 0.1) is 0 Å². The van der Waals surface area contributed by atoms with Crippen LogP contribution in [0.15, 0.2) is 24.3 Å². The first-order valence-electron chi connectivity index (χ1n) is 6.59. The summed E-state index contributed by atoms with van der Waals surface area (Å²) in [5.74, 6) is 0.468. The minimum atomic E-state index is -0.673. The van der Waals surface area contributed by atoms with Gasteiger partial charge in [0.2, 0.25) is 5.91 Å². The van der Waals surface area contributed by atoms with Gasteiger partial charge in [0, 0.05) is 25.4 Å². The van der Waals surface area contributed by atoms with E-state index in [2.05, 4.69) is 10.6 Å². The van der Waals surface area contributed by atoms with Crippen LogP contribution in [0.2, 0.25) is 0 Å². The summed E-state index contributed by atoms with van der Waals surface area (Å²) in [5.41, 5.74) is 0. The molecule has 116 valence electrons. The van der Waals surface area contributed by atoms with Gasteiger partial charge >= 0.3 is 0 Å². The summed E-state index contributed by atoms with van der Waals surface area (Å²) in [6.07, 6.45) is -0.413. The number of phenols is 1. The molecule has 1 aromatic carbocycles. The van der Waals surface area contributed by atoms with E-state index in [1.807, 2.05) is 0 Å². The van der Waals surface area contributed by atoms with Gasteiger partial charge in [-0.2, -0.15) is 0 Å². The zero-order valence-electron chi connectivity index (χ0n) is 11.8. The van der Waals surface area contributed by atoms with Crippen LogP contribution in [0.1, 0.15) is 13.3 Å². The number of nitrogens with one attached hydrogen (secondary N) is 2. The number of hydrogen-bond acceptors (Lipinski definition) is 4. The third kappa shape index (κ3) is 6.85. The highest BCUT2D eigenvalue weighted by atomic mass is 35.5. The summed E-state index contributed by atoms with van der Waals surface area (Å²) in [6.45, 7) is 2.28. The van der Waals surface area contributed by atoms with E-state index in [9.17, 15) is 9.59 Å². The molecule has 1 atom stereocenters. The lowest BCUT2D eigenvalue weighted by Gasteiger charge is -2.14. The van der Waals surface area contributed by atoms with Gasteiger partial charge in [0.1, 0.15) is 11.5 Å². The van der Waals surface area contributed by atoms with E-state index in [-0.39, 0.29) is 29.9 Å². The molecule has 3 N–H and O–H groups in total. The van der Waals surface area contributed by atoms with Crippen molar-refractivity contribution in [2.45, 2.75) is 19.4 Å². The molecule has 0 saturated carbocycles. The van der Waals surface area contributed by atoms with Gasteiger partial charge in [0.15, 0.2) is 6.10 Å². The molecule has 6 nitrogen and oxygen atoms in total. The number of hydrogen-bond donors (Lipinski definition) is 3. The van der Waals surface area contributed by atoms with Crippen molar-refractivity contribution in [1.82, 2.24) is 10.6 Å². The lowest BCUT2D eigenvalue weighted by atomic mass is 10.3. The number of amides is 2. The van der Waals surface area contributed by atoms with Gasteiger partial charge in [0.25, 0.3) is 5.91 Å². The van der Waals surface area contributed by atoms with Crippen molar-refractivity contribution in [3.8, 4) is 11.5 Å². The Morgan fingerprint density at radius 1 is 1.24 bits per heavy atom. The van der Waals surface area contributed by atoms with Crippen LogP contribution in [0.3, 0.4) is 0 Å². The molecule has 1 unspecified atom stereocenters. The number of rotatable bonds is 8. The molecule has 0 fully saturated rings. The van der Waals surface area contributed by atoms with Gasteiger partial charge in [-0.1, -0.05) is 0 Å². The summed E-state index contributed by atoms with van der Waals surface area (Å²) in [6, 6.07) is 6.11. The van der Waals surface area contributed by atoms with Crippen molar-refractivity contribution >= 4 is 23.4 Å². The van der Waals surface area contributed by atoms with E-state index in [0.717, 1.165) is 0 Å². The molecule has 0 aliphatic carbocycles. The number of halogens is 1. The Labute approximate surface area is 128 Å². The second-order valence-electron chi connectivity index (χ2n) is 4.33. The molecule has 21 heavy (non-hydrogen) atoms. The van der Waals surface area contributed by atoms with Crippen LogP contribution in [0.5, 0.6) is 11.5 Å². The number of carbonyl (C=O) groups excluding carboxylic acids is 2. The predicted octanol–water partition coefficient (Wildman–Crippen LogP) is 1.02. The first-order valence-corrected chi connectivity index (χ1v) is 7.12. The summed E-state index contributed by atoms with van der Waals surface area (Å²) in [4.78, 5) is 22.9. The van der Waals surface area contributed by atoms with E-state index in [0.29, 0.717) is 18.8 Å². The highest BCUT2D eigenvalue weighted by Crippen LogP contribution is 2.17. The second-order valence-corrected chi connectivity index (χ2v) is 4.71. The fourth-order valence-corrected chi connectivity index (χ4v) is 1.66. The van der Waals surface area contributed by atoms with E-state index < -0.39 is 6.10 Å². The molecule has 0 spiro atoms. The zero-order valence-corrected chi connectivity index (χ0v) is 12.5. The van der Waals surface area contributed by atoms with Crippen molar-refractivity contribution in [3.05, 3.63) is 24.3 Å². The summed E-state index contributed by atoms with van der Waals surface area (Å²) >= 11 is 5.43. The SMILES string of the molecule is CC(Oc1ccc(O)cc1)C(=O)NCCNC(=O)CCCl. The van der Waals surface area contributed by atoms with Crippen molar-refractivity contribution in [2.75, 3.05) is 19.0 Å². The largest absolute Gasteiger partial charge is 0.508 e. The Hall–Kier alpha value is -1.95. The number of carbonyl (C=O) groups is 2. The summed E-state index contributed by atoms with van der Waals surface area (Å²) < 4.78 is 5.42. The molecule has 0 bridgehead atoms. The fourth-order valence-electron chi connectivity index (χ4n) is 1.49. The number of phenolic OH excluding ortho intramolecular Hbond substituents is 1. The normalized spacial score (nSPS) is 11.5. The molecule has 0 saturated heterocycles. The minimum absolute atomic E-state index is 0.132. The minimum Gasteiger partial charge on any atom is -0.508 e. The van der Waals surface area contributed by atoms with E-state index in [1.165, 1.54) is 12.1 Å². The highest BCUT2D eigenvalue weighted by molar-refractivity contribution is 6.18. The smallest absolute Gasteiger partial charge is 0.260 e. The molecule has 0 heterocycles. The zero-order chi connectivity index (χ0) is 15.7. The molecule has 7 heteroatoms. The van der Waals surface area contributed by atoms with Crippen molar-refractivity contribution < 1.29 is 19.4 Å². The molecule has 0 radical (unpaired) electrons. The molecule has 1 rings (SSSR count). The van der Waals surface area contributed by atoms with Crippen LogP contribution in [-0.2, 0) is 9.59 Å². The number of alkyl halides is 1. The van der Waals surface area contributed by atoms with E-state index >= 15 is 0 Å². The quantitative estimate of drug-likeness (QED) is 0.494. The number of aromatic hydroxyl groups is 1. The van der Waals surface area contributed by atoms with Crippen molar-refractivity contribution in [3.63, 3.8) is 0 Å². The fraction of sp³-hybridized carbons (Fsp3) is 0.429. The Bertz CT molecular complexity index is 465. The Kier molecular flexibility index (Phi) is 7.39. The Balaban J connectivity index is 2.25. The van der Waals surface area contributed by atoms with Crippen LogP contribution in [0.4, 0.5) is 0 Å². The molecular formula is C14H19ClN2O4. The molecule has 0 aliphatic heterocycles. The van der Waals surface area contributed by atoms with Gasteiger partial charge in [-0.25, -0.2) is 0 Å². The Morgan fingerprint density at radius 2 is 1.86 bits per heavy atom. The lowest BCUT2D eigenvalue weighted by Crippen LogP contribution is -2.40. The van der Waals surface area contributed by atoms with Gasteiger partial charge in [-0.05, 0) is 31.2 Å². The standard InChI is InChI=1S/C14H19ClN2O4/c1-10(21-12-4-2-11(18)3-5-12)14(20)17-9-8-16-13(19)6-7-15/h2-5,10,18H,6-9H2,1H3,(H,16,19)(H,17,20). The first kappa shape index (κ1) is 17.1. The third-order valence-electron chi connectivity index (χ3n) is 2.59. The lowest BCUT2D eigenvalue weighted by molar-refractivity contribution is -0.127. The number of ether oxygens (including phenoxy) is 1. The highest BCUT2D eigenvalue weighted by Gasteiger charge is 2.13. The molecule has 2 amide bonds. The predicted molar refractivity (Wildman–Crippen MR) is 79.6 cm³/mol. The van der Waals surface area contributed by atoms with Crippen molar-refractivity contribution in [1.29, 1.82) is 0 Å². The monoisotopic (exact) mass is 314 g/mol.